The maximum Gasteiger partial charge on any atom is 0.255 e. The summed E-state index contributed by atoms with van der Waals surface area (Å²) in [6.45, 7) is 5.96. The van der Waals surface area contributed by atoms with Crippen LogP contribution in [-0.2, 0) is 0 Å². The van der Waals surface area contributed by atoms with Crippen LogP contribution in [0.25, 0.3) is 0 Å². The Kier molecular flexibility index (Phi) is 3.07. The topological polar surface area (TPSA) is 32.3 Å². The molecule has 3 nitrogen and oxygen atoms in total. The lowest BCUT2D eigenvalue weighted by Crippen LogP contribution is -2.57. The normalized spacial score (nSPS) is 26.7. The molecule has 0 radical (unpaired) electrons. The van der Waals surface area contributed by atoms with Crippen LogP contribution in [0.4, 0.5) is 0 Å². The molecule has 1 N–H and O–H groups in total. The number of hydrogen-bond acceptors (Lipinski definition) is 3. The molecule has 1 aliphatic heterocycles. The number of piperazine rings is 1. The summed E-state index contributed by atoms with van der Waals surface area (Å²) < 4.78 is 0. The molecule has 82 valence electrons. The molecule has 2 heterocycles. The van der Waals surface area contributed by atoms with E-state index in [0.29, 0.717) is 0 Å². The Morgan fingerprint density at radius 2 is 2.13 bits per heavy atom. The number of rotatable bonds is 1. The van der Waals surface area contributed by atoms with Crippen LogP contribution in [0.1, 0.15) is 24.2 Å². The molecule has 1 aliphatic rings. The predicted molar refractivity (Wildman–Crippen MR) is 62.3 cm³/mol. The summed E-state index contributed by atoms with van der Waals surface area (Å²) in [6.07, 6.45) is 0. The summed E-state index contributed by atoms with van der Waals surface area (Å²) in [6, 6.07) is 2.45. The van der Waals surface area contributed by atoms with Gasteiger partial charge in [0.25, 0.3) is 5.91 Å². The van der Waals surface area contributed by atoms with Gasteiger partial charge in [-0.25, -0.2) is 0 Å². The van der Waals surface area contributed by atoms with Crippen LogP contribution in [0.15, 0.2) is 16.8 Å². The van der Waals surface area contributed by atoms with Crippen molar-refractivity contribution < 1.29 is 4.79 Å². The largest absolute Gasteiger partial charge is 0.331 e. The summed E-state index contributed by atoms with van der Waals surface area (Å²) in [4.78, 5) is 14.2. The van der Waals surface area contributed by atoms with E-state index in [1.807, 2.05) is 21.7 Å². The molecular formula is C11H16N2OS. The first kappa shape index (κ1) is 10.6. The Labute approximate surface area is 94.1 Å². The van der Waals surface area contributed by atoms with Crippen molar-refractivity contribution in [2.24, 2.45) is 0 Å². The molecule has 1 aromatic heterocycles. The average Bonchev–Trinajstić information content (AvgIpc) is 2.69. The van der Waals surface area contributed by atoms with E-state index in [1.54, 1.807) is 11.3 Å². The van der Waals surface area contributed by atoms with Gasteiger partial charge in [-0.3, -0.25) is 4.79 Å². The van der Waals surface area contributed by atoms with E-state index >= 15 is 0 Å². The Morgan fingerprint density at radius 3 is 2.67 bits per heavy atom. The van der Waals surface area contributed by atoms with E-state index in [-0.39, 0.29) is 18.0 Å². The van der Waals surface area contributed by atoms with Gasteiger partial charge in [0, 0.05) is 30.6 Å². The van der Waals surface area contributed by atoms with Crippen LogP contribution in [0.2, 0.25) is 0 Å². The van der Waals surface area contributed by atoms with Gasteiger partial charge in [0.05, 0.1) is 5.56 Å². The van der Waals surface area contributed by atoms with Crippen LogP contribution >= 0.6 is 11.3 Å². The van der Waals surface area contributed by atoms with Crippen molar-refractivity contribution >= 4 is 17.2 Å². The first-order chi connectivity index (χ1) is 7.20. The third-order valence-corrected chi connectivity index (χ3v) is 3.52. The van der Waals surface area contributed by atoms with Crippen LogP contribution in [-0.4, -0.2) is 36.0 Å². The molecule has 2 unspecified atom stereocenters. The molecule has 0 aliphatic carbocycles. The van der Waals surface area contributed by atoms with Crippen molar-refractivity contribution in [3.63, 3.8) is 0 Å². The minimum atomic E-state index is 0.165. The highest BCUT2D eigenvalue weighted by atomic mass is 32.1. The molecule has 15 heavy (non-hydrogen) atoms. The Balaban J connectivity index is 2.17. The molecule has 0 spiro atoms. The number of thiophene rings is 1. The van der Waals surface area contributed by atoms with E-state index in [1.165, 1.54) is 0 Å². The lowest BCUT2D eigenvalue weighted by atomic mass is 10.1. The van der Waals surface area contributed by atoms with Gasteiger partial charge in [-0.05, 0) is 25.3 Å². The summed E-state index contributed by atoms with van der Waals surface area (Å²) in [5.41, 5.74) is 0.820. The molecule has 1 amide bonds. The zero-order valence-corrected chi connectivity index (χ0v) is 9.88. The smallest absolute Gasteiger partial charge is 0.255 e. The second-order valence-electron chi connectivity index (χ2n) is 4.08. The Bertz CT molecular complexity index is 326. The monoisotopic (exact) mass is 224 g/mol. The number of nitrogens with one attached hydrogen (secondary N) is 1. The van der Waals surface area contributed by atoms with E-state index in [4.69, 9.17) is 0 Å². The highest BCUT2D eigenvalue weighted by molar-refractivity contribution is 7.08. The van der Waals surface area contributed by atoms with Gasteiger partial charge in [-0.15, -0.1) is 0 Å². The first-order valence-electron chi connectivity index (χ1n) is 5.25. The average molecular weight is 224 g/mol. The minimum Gasteiger partial charge on any atom is -0.331 e. The molecule has 2 rings (SSSR count). The molecule has 0 aromatic carbocycles. The van der Waals surface area contributed by atoms with Crippen molar-refractivity contribution in [1.29, 1.82) is 0 Å². The zero-order chi connectivity index (χ0) is 10.8. The van der Waals surface area contributed by atoms with Gasteiger partial charge < -0.3 is 10.2 Å². The molecule has 0 bridgehead atoms. The fourth-order valence-corrected chi connectivity index (χ4v) is 2.70. The number of hydrogen-bond donors (Lipinski definition) is 1. The minimum absolute atomic E-state index is 0.165. The Morgan fingerprint density at radius 1 is 1.47 bits per heavy atom. The van der Waals surface area contributed by atoms with Gasteiger partial charge in [0.15, 0.2) is 0 Å². The third kappa shape index (κ3) is 2.06. The first-order valence-corrected chi connectivity index (χ1v) is 6.20. The number of carbonyl (C=O) groups is 1. The molecule has 1 fully saturated rings. The summed E-state index contributed by atoms with van der Waals surface area (Å²) in [7, 11) is 0. The van der Waals surface area contributed by atoms with E-state index in [0.717, 1.165) is 18.7 Å². The number of amides is 1. The highest BCUT2D eigenvalue weighted by Gasteiger charge is 2.29. The van der Waals surface area contributed by atoms with E-state index in [9.17, 15) is 4.79 Å². The SMILES string of the molecule is CC1CNCC(C)N1C(=O)c1ccsc1. The fourth-order valence-electron chi connectivity index (χ4n) is 2.07. The molecule has 1 saturated heterocycles. The third-order valence-electron chi connectivity index (χ3n) is 2.83. The Hall–Kier alpha value is -0.870. The van der Waals surface area contributed by atoms with E-state index < -0.39 is 0 Å². The molecule has 4 heteroatoms. The van der Waals surface area contributed by atoms with Crippen LogP contribution < -0.4 is 5.32 Å². The zero-order valence-electron chi connectivity index (χ0n) is 9.06. The second-order valence-corrected chi connectivity index (χ2v) is 4.86. The molecule has 2 atom stereocenters. The van der Waals surface area contributed by atoms with Crippen LogP contribution in [0, 0.1) is 0 Å². The van der Waals surface area contributed by atoms with Crippen molar-refractivity contribution in [3.05, 3.63) is 22.4 Å². The quantitative estimate of drug-likeness (QED) is 0.785. The maximum absolute atomic E-state index is 12.2. The van der Waals surface area contributed by atoms with Gasteiger partial charge >= 0.3 is 0 Å². The number of nitrogens with zero attached hydrogens (tertiary/aromatic N) is 1. The fraction of sp³-hybridized carbons (Fsp3) is 0.545. The van der Waals surface area contributed by atoms with Crippen molar-refractivity contribution in [2.75, 3.05) is 13.1 Å². The maximum atomic E-state index is 12.2. The molecular weight excluding hydrogens is 208 g/mol. The van der Waals surface area contributed by atoms with Gasteiger partial charge in [-0.1, -0.05) is 0 Å². The van der Waals surface area contributed by atoms with Gasteiger partial charge in [0.1, 0.15) is 0 Å². The predicted octanol–water partition coefficient (Wildman–Crippen LogP) is 1.57. The van der Waals surface area contributed by atoms with Gasteiger partial charge in [0.2, 0.25) is 0 Å². The van der Waals surface area contributed by atoms with Crippen molar-refractivity contribution in [1.82, 2.24) is 10.2 Å². The van der Waals surface area contributed by atoms with Crippen LogP contribution in [0.5, 0.6) is 0 Å². The van der Waals surface area contributed by atoms with Crippen molar-refractivity contribution in [2.45, 2.75) is 25.9 Å². The van der Waals surface area contributed by atoms with E-state index in [2.05, 4.69) is 19.2 Å². The van der Waals surface area contributed by atoms with Crippen molar-refractivity contribution in [3.8, 4) is 0 Å². The summed E-state index contributed by atoms with van der Waals surface area (Å²) in [5, 5.41) is 7.19. The lowest BCUT2D eigenvalue weighted by Gasteiger charge is -2.39. The van der Waals surface area contributed by atoms with Gasteiger partial charge in [-0.2, -0.15) is 11.3 Å². The summed E-state index contributed by atoms with van der Waals surface area (Å²) >= 11 is 1.57. The van der Waals surface area contributed by atoms with Crippen LogP contribution in [0.3, 0.4) is 0 Å². The highest BCUT2D eigenvalue weighted by Crippen LogP contribution is 2.16. The molecule has 0 saturated carbocycles. The molecule has 1 aromatic rings. The lowest BCUT2D eigenvalue weighted by molar-refractivity contribution is 0.0545. The standard InChI is InChI=1S/C11H16N2OS/c1-8-5-12-6-9(2)13(8)11(14)10-3-4-15-7-10/h3-4,7-9,12H,5-6H2,1-2H3. The second kappa shape index (κ2) is 4.33. The summed E-state index contributed by atoms with van der Waals surface area (Å²) in [5.74, 6) is 0.165. The number of carbonyl (C=O) groups excluding carboxylic acids is 1.